The van der Waals surface area contributed by atoms with Crippen molar-refractivity contribution in [1.29, 1.82) is 0 Å². The predicted octanol–water partition coefficient (Wildman–Crippen LogP) is 3.84. The van der Waals surface area contributed by atoms with Gasteiger partial charge >= 0.3 is 0 Å². The Bertz CT molecular complexity index is 906. The highest BCUT2D eigenvalue weighted by Crippen LogP contribution is 2.26. The molecule has 25 heavy (non-hydrogen) atoms. The van der Waals surface area contributed by atoms with E-state index in [2.05, 4.69) is 10.6 Å². The predicted molar refractivity (Wildman–Crippen MR) is 95.1 cm³/mol. The van der Waals surface area contributed by atoms with Crippen LogP contribution in [0.4, 0.5) is 11.4 Å². The first-order chi connectivity index (χ1) is 12.0. The number of nitro groups is 1. The molecule has 3 aromatic rings. The largest absolute Gasteiger partial charge is 0.451 e. The summed E-state index contributed by atoms with van der Waals surface area (Å²) < 4.78 is 5.48. The van der Waals surface area contributed by atoms with Crippen molar-refractivity contribution >= 4 is 39.9 Å². The third-order valence-electron chi connectivity index (χ3n) is 3.54. The van der Waals surface area contributed by atoms with Gasteiger partial charge in [-0.2, -0.15) is 0 Å². The lowest BCUT2D eigenvalue weighted by Crippen LogP contribution is -2.28. The van der Waals surface area contributed by atoms with E-state index >= 15 is 0 Å². The van der Waals surface area contributed by atoms with Gasteiger partial charge in [-0.3, -0.25) is 14.9 Å². The van der Waals surface area contributed by atoms with Crippen LogP contribution in [0.15, 0.2) is 52.9 Å². The number of carbonyl (C=O) groups is 1. The van der Waals surface area contributed by atoms with Crippen LogP contribution in [0, 0.1) is 10.1 Å². The highest BCUT2D eigenvalue weighted by molar-refractivity contribution is 6.33. The summed E-state index contributed by atoms with van der Waals surface area (Å²) in [4.78, 5) is 22.2. The smallest absolute Gasteiger partial charge is 0.287 e. The van der Waals surface area contributed by atoms with Gasteiger partial charge in [-0.25, -0.2) is 0 Å². The highest BCUT2D eigenvalue weighted by Gasteiger charge is 2.12. The number of hydrogen-bond donors (Lipinski definition) is 2. The van der Waals surface area contributed by atoms with E-state index in [4.69, 9.17) is 16.0 Å². The van der Waals surface area contributed by atoms with Gasteiger partial charge in [-0.1, -0.05) is 29.8 Å². The number of furan rings is 1. The number of amides is 1. The fraction of sp³-hybridized carbons (Fsp3) is 0.118. The van der Waals surface area contributed by atoms with Gasteiger partial charge < -0.3 is 15.1 Å². The third kappa shape index (κ3) is 3.89. The minimum absolute atomic E-state index is 0.0752. The number of anilines is 1. The molecule has 128 valence electrons. The second-order valence-corrected chi connectivity index (χ2v) is 5.66. The van der Waals surface area contributed by atoms with Crippen molar-refractivity contribution < 1.29 is 14.1 Å². The quantitative estimate of drug-likeness (QED) is 0.396. The molecule has 0 spiro atoms. The van der Waals surface area contributed by atoms with E-state index in [1.54, 1.807) is 12.1 Å². The van der Waals surface area contributed by atoms with Crippen molar-refractivity contribution in [3.05, 3.63) is 69.4 Å². The van der Waals surface area contributed by atoms with Crippen molar-refractivity contribution in [2.75, 3.05) is 18.4 Å². The fourth-order valence-corrected chi connectivity index (χ4v) is 2.56. The van der Waals surface area contributed by atoms with Gasteiger partial charge in [0.25, 0.3) is 11.6 Å². The average Bonchev–Trinajstić information content (AvgIpc) is 3.03. The van der Waals surface area contributed by atoms with E-state index in [1.165, 1.54) is 18.2 Å². The molecule has 1 amide bonds. The maximum atomic E-state index is 12.1. The van der Waals surface area contributed by atoms with E-state index in [1.807, 2.05) is 18.2 Å². The van der Waals surface area contributed by atoms with Crippen molar-refractivity contribution in [2.45, 2.75) is 0 Å². The van der Waals surface area contributed by atoms with Gasteiger partial charge in [0.2, 0.25) is 0 Å². The molecule has 1 heterocycles. The number of benzene rings is 2. The first-order valence-electron chi connectivity index (χ1n) is 7.49. The van der Waals surface area contributed by atoms with Crippen molar-refractivity contribution in [2.24, 2.45) is 0 Å². The van der Waals surface area contributed by atoms with Gasteiger partial charge in [0.1, 0.15) is 5.58 Å². The Balaban J connectivity index is 1.53. The van der Waals surface area contributed by atoms with Crippen LogP contribution in [0.1, 0.15) is 10.6 Å². The Morgan fingerprint density at radius 2 is 1.96 bits per heavy atom. The molecule has 0 radical (unpaired) electrons. The third-order valence-corrected chi connectivity index (χ3v) is 3.85. The van der Waals surface area contributed by atoms with Crippen LogP contribution >= 0.6 is 11.6 Å². The van der Waals surface area contributed by atoms with E-state index in [9.17, 15) is 14.9 Å². The molecular weight excluding hydrogens is 346 g/mol. The highest BCUT2D eigenvalue weighted by atomic mass is 35.5. The summed E-state index contributed by atoms with van der Waals surface area (Å²) in [5, 5.41) is 17.5. The number of fused-ring (bicyclic) bond motifs is 1. The van der Waals surface area contributed by atoms with E-state index in [-0.39, 0.29) is 22.4 Å². The molecule has 0 bridgehead atoms. The van der Waals surface area contributed by atoms with Gasteiger partial charge in [-0.15, -0.1) is 0 Å². The number of nitrogens with zero attached hydrogens (tertiary/aromatic N) is 1. The van der Waals surface area contributed by atoms with E-state index in [0.717, 1.165) is 5.39 Å². The van der Waals surface area contributed by atoms with Crippen molar-refractivity contribution in [3.63, 3.8) is 0 Å². The SMILES string of the molecule is O=C(NCCNc1ccc([N+](=O)[O-])cc1Cl)c1cc2ccccc2o1. The van der Waals surface area contributed by atoms with Gasteiger partial charge in [-0.05, 0) is 18.2 Å². The zero-order valence-electron chi connectivity index (χ0n) is 13.0. The second kappa shape index (κ2) is 7.23. The average molecular weight is 360 g/mol. The Hall–Kier alpha value is -3.06. The summed E-state index contributed by atoms with van der Waals surface area (Å²) >= 11 is 5.99. The Morgan fingerprint density at radius 1 is 1.16 bits per heavy atom. The number of hydrogen-bond acceptors (Lipinski definition) is 5. The number of nitro benzene ring substituents is 1. The molecule has 7 nitrogen and oxygen atoms in total. The lowest BCUT2D eigenvalue weighted by atomic mass is 10.2. The van der Waals surface area contributed by atoms with Gasteiger partial charge in [0.05, 0.1) is 15.6 Å². The lowest BCUT2D eigenvalue weighted by Gasteiger charge is -2.08. The summed E-state index contributed by atoms with van der Waals surface area (Å²) in [6.07, 6.45) is 0. The standard InChI is InChI=1S/C17H14ClN3O4/c18-13-10-12(21(23)24)5-6-14(13)19-7-8-20-17(22)16-9-11-3-1-2-4-15(11)25-16/h1-6,9-10,19H,7-8H2,(H,20,22). The number of rotatable bonds is 6. The summed E-state index contributed by atoms with van der Waals surface area (Å²) in [6.45, 7) is 0.743. The molecule has 0 aliphatic heterocycles. The van der Waals surface area contributed by atoms with Crippen LogP contribution in [0.5, 0.6) is 0 Å². The van der Waals surface area contributed by atoms with Crippen molar-refractivity contribution in [1.82, 2.24) is 5.32 Å². The van der Waals surface area contributed by atoms with Gasteiger partial charge in [0.15, 0.2) is 5.76 Å². The zero-order chi connectivity index (χ0) is 17.8. The minimum Gasteiger partial charge on any atom is -0.451 e. The van der Waals surface area contributed by atoms with Crippen LogP contribution in [-0.4, -0.2) is 23.9 Å². The summed E-state index contributed by atoms with van der Waals surface area (Å²) in [6, 6.07) is 13.2. The first kappa shape index (κ1) is 16.8. The van der Waals surface area contributed by atoms with Crippen LogP contribution in [0.3, 0.4) is 0 Å². The maximum absolute atomic E-state index is 12.1. The lowest BCUT2D eigenvalue weighted by molar-refractivity contribution is -0.384. The van der Waals surface area contributed by atoms with E-state index in [0.29, 0.717) is 24.4 Å². The molecule has 0 aliphatic carbocycles. The molecule has 2 N–H and O–H groups in total. The number of carbonyl (C=O) groups excluding carboxylic acids is 1. The summed E-state index contributed by atoms with van der Waals surface area (Å²) in [5.74, 6) is -0.0673. The monoisotopic (exact) mass is 359 g/mol. The number of para-hydroxylation sites is 1. The molecule has 8 heteroatoms. The molecule has 1 aromatic heterocycles. The minimum atomic E-state index is -0.511. The normalized spacial score (nSPS) is 10.6. The Morgan fingerprint density at radius 3 is 2.68 bits per heavy atom. The number of non-ortho nitro benzene ring substituents is 1. The number of halogens is 1. The molecule has 0 atom stereocenters. The maximum Gasteiger partial charge on any atom is 0.287 e. The van der Waals surface area contributed by atoms with Gasteiger partial charge in [0, 0.05) is 30.6 Å². The molecule has 0 unspecified atom stereocenters. The van der Waals surface area contributed by atoms with Crippen LogP contribution in [-0.2, 0) is 0 Å². The molecule has 0 saturated heterocycles. The summed E-state index contributed by atoms with van der Waals surface area (Å²) in [7, 11) is 0. The summed E-state index contributed by atoms with van der Waals surface area (Å²) in [5.41, 5.74) is 1.14. The number of nitrogens with one attached hydrogen (secondary N) is 2. The first-order valence-corrected chi connectivity index (χ1v) is 7.87. The Kier molecular flexibility index (Phi) is 4.85. The van der Waals surface area contributed by atoms with Crippen molar-refractivity contribution in [3.8, 4) is 0 Å². The second-order valence-electron chi connectivity index (χ2n) is 5.25. The van der Waals surface area contributed by atoms with Crippen LogP contribution in [0.2, 0.25) is 5.02 Å². The van der Waals surface area contributed by atoms with Crippen LogP contribution in [0.25, 0.3) is 11.0 Å². The van der Waals surface area contributed by atoms with E-state index < -0.39 is 4.92 Å². The van der Waals surface area contributed by atoms with Crippen LogP contribution < -0.4 is 10.6 Å². The molecule has 0 fully saturated rings. The molecule has 2 aromatic carbocycles. The molecule has 0 aliphatic rings. The zero-order valence-corrected chi connectivity index (χ0v) is 13.7. The molecule has 0 saturated carbocycles. The fourth-order valence-electron chi connectivity index (χ4n) is 2.32. The molecular formula is C17H14ClN3O4. The topological polar surface area (TPSA) is 97.4 Å². The Labute approximate surface area is 147 Å². The molecule has 3 rings (SSSR count).